The number of carbonyl (C=O) groups is 1. The Morgan fingerprint density at radius 1 is 1.19 bits per heavy atom. The smallest absolute Gasteiger partial charge is 0.254 e. The van der Waals surface area contributed by atoms with Crippen LogP contribution in [0.5, 0.6) is 11.5 Å². The van der Waals surface area contributed by atoms with Gasteiger partial charge in [-0.25, -0.2) is 0 Å². The Morgan fingerprint density at radius 3 is 2.63 bits per heavy atom. The maximum atomic E-state index is 13.0. The molecule has 1 fully saturated rings. The average molecular weight is 369 g/mol. The lowest BCUT2D eigenvalue weighted by Gasteiger charge is -2.45. The summed E-state index contributed by atoms with van der Waals surface area (Å²) in [5.41, 5.74) is -0.0935. The van der Waals surface area contributed by atoms with Crippen molar-refractivity contribution in [1.29, 1.82) is 0 Å². The van der Waals surface area contributed by atoms with Gasteiger partial charge in [-0.2, -0.15) is 0 Å². The van der Waals surface area contributed by atoms with Crippen LogP contribution >= 0.6 is 0 Å². The van der Waals surface area contributed by atoms with Gasteiger partial charge in [-0.15, -0.1) is 0 Å². The molecule has 1 saturated heterocycles. The highest BCUT2D eigenvalue weighted by atomic mass is 16.5. The zero-order valence-corrected chi connectivity index (χ0v) is 15.7. The van der Waals surface area contributed by atoms with Crippen molar-refractivity contribution in [3.05, 3.63) is 60.2 Å². The second kappa shape index (κ2) is 8.55. The highest BCUT2D eigenvalue weighted by molar-refractivity contribution is 5.94. The molecule has 5 nitrogen and oxygen atoms in total. The van der Waals surface area contributed by atoms with Crippen LogP contribution in [0.2, 0.25) is 0 Å². The molecule has 2 aromatic rings. The van der Waals surface area contributed by atoms with Crippen LogP contribution in [0.25, 0.3) is 0 Å². The lowest BCUT2D eigenvalue weighted by molar-refractivity contribution is -0.0720. The van der Waals surface area contributed by atoms with E-state index in [9.17, 15) is 15.0 Å². The SMILES string of the molecule is CCC[C@@]1(CO)CN(C(=O)c2cccc(Oc3ccccc3)c2)CC[C@@H]1O. The highest BCUT2D eigenvalue weighted by Gasteiger charge is 2.43. The Bertz CT molecular complexity index is 764. The predicted octanol–water partition coefficient (Wildman–Crippen LogP) is 3.46. The average Bonchev–Trinajstić information content (AvgIpc) is 2.70. The standard InChI is InChI=1S/C22H27NO4/c1-2-12-22(16-24)15-23(13-11-20(22)25)21(26)17-7-6-10-19(14-17)27-18-8-4-3-5-9-18/h3-10,14,20,24-25H,2,11-13,15-16H2,1H3/t20-,22-/m0/s1. The molecule has 2 N–H and O–H groups in total. The largest absolute Gasteiger partial charge is 0.457 e. The fourth-order valence-electron chi connectivity index (χ4n) is 3.80. The second-order valence-electron chi connectivity index (χ2n) is 7.24. The van der Waals surface area contributed by atoms with Crippen LogP contribution in [0.1, 0.15) is 36.5 Å². The molecule has 0 saturated carbocycles. The molecule has 1 heterocycles. The first-order valence-electron chi connectivity index (χ1n) is 9.49. The summed E-state index contributed by atoms with van der Waals surface area (Å²) in [6, 6.07) is 16.6. The number of nitrogens with zero attached hydrogens (tertiary/aromatic N) is 1. The Morgan fingerprint density at radius 2 is 1.93 bits per heavy atom. The quantitative estimate of drug-likeness (QED) is 0.818. The van der Waals surface area contributed by atoms with Crippen molar-refractivity contribution in [3.8, 4) is 11.5 Å². The minimum atomic E-state index is -0.638. The zero-order valence-electron chi connectivity index (χ0n) is 15.7. The molecule has 27 heavy (non-hydrogen) atoms. The Balaban J connectivity index is 1.76. The van der Waals surface area contributed by atoms with Gasteiger partial charge in [-0.3, -0.25) is 4.79 Å². The van der Waals surface area contributed by atoms with Crippen LogP contribution in [0, 0.1) is 5.41 Å². The summed E-state index contributed by atoms with van der Waals surface area (Å²) in [7, 11) is 0. The Labute approximate surface area is 160 Å². The molecule has 1 aliphatic heterocycles. The van der Waals surface area contributed by atoms with Gasteiger partial charge in [-0.1, -0.05) is 37.6 Å². The topological polar surface area (TPSA) is 70.0 Å². The molecule has 0 bridgehead atoms. The van der Waals surface area contributed by atoms with Crippen LogP contribution in [0.4, 0.5) is 0 Å². The molecular formula is C22H27NO4. The van der Waals surface area contributed by atoms with E-state index in [-0.39, 0.29) is 12.5 Å². The molecule has 3 rings (SSSR count). The molecule has 144 valence electrons. The molecular weight excluding hydrogens is 342 g/mol. The van der Waals surface area contributed by atoms with E-state index in [1.807, 2.05) is 43.3 Å². The number of piperidine rings is 1. The van der Waals surface area contributed by atoms with Gasteiger partial charge in [0, 0.05) is 24.1 Å². The maximum Gasteiger partial charge on any atom is 0.254 e. The number of para-hydroxylation sites is 1. The first kappa shape index (κ1) is 19.4. The van der Waals surface area contributed by atoms with Gasteiger partial charge in [0.15, 0.2) is 0 Å². The number of aliphatic hydroxyl groups is 2. The van der Waals surface area contributed by atoms with E-state index in [4.69, 9.17) is 4.74 Å². The molecule has 0 radical (unpaired) electrons. The number of likely N-dealkylation sites (tertiary alicyclic amines) is 1. The second-order valence-corrected chi connectivity index (χ2v) is 7.24. The molecule has 2 aromatic carbocycles. The van der Waals surface area contributed by atoms with Crippen LogP contribution in [0.15, 0.2) is 54.6 Å². The fraction of sp³-hybridized carbons (Fsp3) is 0.409. The van der Waals surface area contributed by atoms with Crippen LogP contribution in [-0.4, -0.2) is 46.8 Å². The lowest BCUT2D eigenvalue weighted by Crippen LogP contribution is -2.55. The predicted molar refractivity (Wildman–Crippen MR) is 104 cm³/mol. The van der Waals surface area contributed by atoms with Gasteiger partial charge < -0.3 is 19.8 Å². The number of hydrogen-bond acceptors (Lipinski definition) is 4. The van der Waals surface area contributed by atoms with Crippen molar-refractivity contribution >= 4 is 5.91 Å². The summed E-state index contributed by atoms with van der Waals surface area (Å²) in [5.74, 6) is 1.21. The monoisotopic (exact) mass is 369 g/mol. The van der Waals surface area contributed by atoms with Crippen molar-refractivity contribution in [3.63, 3.8) is 0 Å². The molecule has 0 aromatic heterocycles. The fourth-order valence-corrected chi connectivity index (χ4v) is 3.80. The lowest BCUT2D eigenvalue weighted by atomic mass is 9.74. The summed E-state index contributed by atoms with van der Waals surface area (Å²) in [5, 5.41) is 20.3. The van der Waals surface area contributed by atoms with E-state index in [2.05, 4.69) is 0 Å². The van der Waals surface area contributed by atoms with Crippen molar-refractivity contribution in [2.75, 3.05) is 19.7 Å². The van der Waals surface area contributed by atoms with Crippen LogP contribution in [0.3, 0.4) is 0 Å². The zero-order chi connectivity index (χ0) is 19.3. The number of rotatable bonds is 6. The highest BCUT2D eigenvalue weighted by Crippen LogP contribution is 2.35. The third-order valence-electron chi connectivity index (χ3n) is 5.29. The summed E-state index contributed by atoms with van der Waals surface area (Å²) >= 11 is 0. The minimum Gasteiger partial charge on any atom is -0.457 e. The van der Waals surface area contributed by atoms with E-state index in [1.165, 1.54) is 0 Å². The van der Waals surface area contributed by atoms with Gasteiger partial charge in [-0.05, 0) is 43.2 Å². The molecule has 0 spiro atoms. The normalized spacial score (nSPS) is 22.5. The number of ether oxygens (including phenoxy) is 1. The third kappa shape index (κ3) is 4.31. The summed E-state index contributed by atoms with van der Waals surface area (Å²) in [6.07, 6.45) is 1.43. The van der Waals surface area contributed by atoms with Gasteiger partial charge >= 0.3 is 0 Å². The van der Waals surface area contributed by atoms with Gasteiger partial charge in [0.05, 0.1) is 12.7 Å². The van der Waals surface area contributed by atoms with Gasteiger partial charge in [0.1, 0.15) is 11.5 Å². The number of amides is 1. The van der Waals surface area contributed by atoms with Gasteiger partial charge in [0.25, 0.3) is 5.91 Å². The summed E-state index contributed by atoms with van der Waals surface area (Å²) in [4.78, 5) is 14.8. The van der Waals surface area contributed by atoms with Crippen LogP contribution in [-0.2, 0) is 0 Å². The van der Waals surface area contributed by atoms with Crippen molar-refractivity contribution in [2.24, 2.45) is 5.41 Å². The summed E-state index contributed by atoms with van der Waals surface area (Å²) < 4.78 is 5.82. The van der Waals surface area contributed by atoms with Crippen LogP contribution < -0.4 is 4.74 Å². The van der Waals surface area contributed by atoms with Crippen molar-refractivity contribution < 1.29 is 19.7 Å². The maximum absolute atomic E-state index is 13.0. The number of benzene rings is 2. The van der Waals surface area contributed by atoms with E-state index in [1.54, 1.807) is 23.1 Å². The molecule has 1 aliphatic rings. The third-order valence-corrected chi connectivity index (χ3v) is 5.29. The van der Waals surface area contributed by atoms with E-state index < -0.39 is 11.5 Å². The van der Waals surface area contributed by atoms with Crippen molar-refractivity contribution in [2.45, 2.75) is 32.3 Å². The molecule has 0 unspecified atom stereocenters. The molecule has 1 amide bonds. The van der Waals surface area contributed by atoms with E-state index >= 15 is 0 Å². The first-order chi connectivity index (χ1) is 13.1. The Hall–Kier alpha value is -2.37. The Kier molecular flexibility index (Phi) is 6.14. The minimum absolute atomic E-state index is 0.102. The number of hydrogen-bond donors (Lipinski definition) is 2. The number of carbonyl (C=O) groups excluding carboxylic acids is 1. The van der Waals surface area contributed by atoms with E-state index in [0.717, 1.165) is 6.42 Å². The molecule has 2 atom stereocenters. The first-order valence-corrected chi connectivity index (χ1v) is 9.49. The van der Waals surface area contributed by atoms with E-state index in [0.29, 0.717) is 43.0 Å². The van der Waals surface area contributed by atoms with Crippen molar-refractivity contribution in [1.82, 2.24) is 4.90 Å². The summed E-state index contributed by atoms with van der Waals surface area (Å²) in [6.45, 7) is 2.74. The van der Waals surface area contributed by atoms with Gasteiger partial charge in [0.2, 0.25) is 0 Å². The number of aliphatic hydroxyl groups excluding tert-OH is 2. The molecule has 5 heteroatoms. The molecule has 0 aliphatic carbocycles.